The fourth-order valence-corrected chi connectivity index (χ4v) is 14.3. The first kappa shape index (κ1) is 57.2. The van der Waals surface area contributed by atoms with Crippen molar-refractivity contribution in [2.75, 3.05) is 39.7 Å². The molecule has 6 aliphatic rings. The molecule has 17 heteroatoms. The summed E-state index contributed by atoms with van der Waals surface area (Å²) in [5, 5.41) is 26.9. The quantitative estimate of drug-likeness (QED) is 0.0168. The average molecular weight is 1080 g/mol. The summed E-state index contributed by atoms with van der Waals surface area (Å²) in [5.41, 5.74) is 0.903. The van der Waals surface area contributed by atoms with E-state index in [4.69, 9.17) is 23.7 Å². The summed E-state index contributed by atoms with van der Waals surface area (Å²) >= 11 is 0. The minimum atomic E-state index is -4.83. The largest absolute Gasteiger partial charge is 0.472 e. The van der Waals surface area contributed by atoms with Crippen molar-refractivity contribution in [3.63, 3.8) is 0 Å². The molecule has 3 aromatic rings. The van der Waals surface area contributed by atoms with Crippen molar-refractivity contribution in [3.05, 3.63) is 119 Å². The second kappa shape index (κ2) is 25.3. The standard InChI is InChI=1S/C60H79N2O14P/c1-58-27-26-47(63)33-46(58)23-24-48-49-34-54-60(59(49,2)35-50(64)55(48)58,76-57(75-54)42-19-9-6-10-20-42)53(66)39-72-56(67)44-21-15-29-62(37-44)38-45-32-43(22-25-52(45)73-40-74-77(68,69)70)51(65)36-61-28-12-3-4-13-30-71-31-14-11-18-41-16-7-5-8-17-41/h5,7-8,15-17,21-22,25-27,29,32-33,37,42,48-51,54-55,57,61,64-65H,3-4,6,9-14,18-20,23-24,28,30-31,34-36,38-40H2,1-2H3,(H-,68,69,70)/p+1/t48-,49-,50-,51?,54+,55+,57+,58-,59-,60+/m0/s1. The van der Waals surface area contributed by atoms with Gasteiger partial charge in [-0.25, -0.2) is 13.9 Å². The van der Waals surface area contributed by atoms with Crippen molar-refractivity contribution >= 4 is 25.4 Å². The number of phosphoric ester groups is 1. The Balaban J connectivity index is 0.814. The van der Waals surface area contributed by atoms with Crippen LogP contribution < -0.4 is 14.6 Å². The zero-order valence-electron chi connectivity index (χ0n) is 44.8. The van der Waals surface area contributed by atoms with Crippen LogP contribution in [0.4, 0.5) is 0 Å². The lowest BCUT2D eigenvalue weighted by atomic mass is 9.46. The van der Waals surface area contributed by atoms with E-state index in [2.05, 4.69) is 48.0 Å². The third-order valence-electron chi connectivity index (χ3n) is 18.0. The van der Waals surface area contributed by atoms with Crippen molar-refractivity contribution in [2.24, 2.45) is 34.5 Å². The lowest BCUT2D eigenvalue weighted by Crippen LogP contribution is -2.63. The Labute approximate surface area is 453 Å². The monoisotopic (exact) mass is 1080 g/mol. The smallest absolute Gasteiger partial charge is 0.466 e. The summed E-state index contributed by atoms with van der Waals surface area (Å²) < 4.78 is 49.1. The van der Waals surface area contributed by atoms with Gasteiger partial charge in [0, 0.05) is 48.5 Å². The normalized spacial score (nSPS) is 29.2. The first-order chi connectivity index (χ1) is 37.1. The van der Waals surface area contributed by atoms with Crippen LogP contribution >= 0.6 is 7.82 Å². The minimum absolute atomic E-state index is 0.0318. The predicted molar refractivity (Wildman–Crippen MR) is 285 cm³/mol. The van der Waals surface area contributed by atoms with Crippen LogP contribution in [0.3, 0.4) is 0 Å². The number of benzene rings is 2. The average Bonchev–Trinajstić information content (AvgIpc) is 4.12. The number of esters is 1. The molecule has 77 heavy (non-hydrogen) atoms. The molecule has 1 aromatic heterocycles. The number of fused-ring (bicyclic) bond motifs is 7. The van der Waals surface area contributed by atoms with Crippen LogP contribution in [0, 0.1) is 34.5 Å². The number of carbonyl (C=O) groups is 3. The molecule has 0 spiro atoms. The van der Waals surface area contributed by atoms with E-state index >= 15 is 4.79 Å². The topological polar surface area (TPSA) is 220 Å². The van der Waals surface area contributed by atoms with E-state index in [1.807, 2.05) is 12.1 Å². The summed E-state index contributed by atoms with van der Waals surface area (Å²) in [7, 11) is -4.83. The Morgan fingerprint density at radius 3 is 2.52 bits per heavy atom. The second-order valence-electron chi connectivity index (χ2n) is 22.9. The maximum Gasteiger partial charge on any atom is 0.472 e. The van der Waals surface area contributed by atoms with Gasteiger partial charge in [0.25, 0.3) is 0 Å². The summed E-state index contributed by atoms with van der Waals surface area (Å²) in [6.45, 7) is 5.55. The first-order valence-corrected chi connectivity index (χ1v) is 29.7. The van der Waals surface area contributed by atoms with Gasteiger partial charge in [0.05, 0.1) is 23.9 Å². The van der Waals surface area contributed by atoms with Crippen molar-refractivity contribution in [1.82, 2.24) is 5.32 Å². The fraction of sp³-hybridized carbons (Fsp3) is 0.600. The molecule has 16 nitrogen and oxygen atoms in total. The molecule has 0 bridgehead atoms. The summed E-state index contributed by atoms with van der Waals surface area (Å²) in [6, 6.07) is 18.8. The zero-order chi connectivity index (χ0) is 54.2. The predicted octanol–water partition coefficient (Wildman–Crippen LogP) is 8.37. The highest BCUT2D eigenvalue weighted by molar-refractivity contribution is 7.46. The highest BCUT2D eigenvalue weighted by Gasteiger charge is 2.76. The molecule has 5 N–H and O–H groups in total. The molecule has 1 unspecified atom stereocenters. The number of Topliss-reactive ketones (excluding diaryl/α,β-unsaturated/α-hetero) is 1. The number of aliphatic hydroxyl groups is 2. The Hall–Kier alpha value is -4.45. The van der Waals surface area contributed by atoms with Crippen LogP contribution in [0.15, 0.2) is 96.9 Å². The van der Waals surface area contributed by atoms with Crippen LogP contribution in [-0.4, -0.2) is 101 Å². The number of aromatic nitrogens is 1. The number of carbonyl (C=O) groups excluding carboxylic acids is 3. The van der Waals surface area contributed by atoms with Crippen LogP contribution in [-0.2, 0) is 50.6 Å². The lowest BCUT2D eigenvalue weighted by Gasteiger charge is -2.59. The van der Waals surface area contributed by atoms with Gasteiger partial charge < -0.3 is 49.0 Å². The van der Waals surface area contributed by atoms with Gasteiger partial charge in [0.1, 0.15) is 11.3 Å². The number of unbranched alkanes of at least 4 members (excludes halogenated alkanes) is 4. The van der Waals surface area contributed by atoms with Gasteiger partial charge in [-0.15, -0.1) is 0 Å². The number of ketones is 2. The van der Waals surface area contributed by atoms with Crippen molar-refractivity contribution < 1.29 is 71.7 Å². The van der Waals surface area contributed by atoms with E-state index in [1.165, 1.54) is 5.56 Å². The molecule has 0 radical (unpaired) electrons. The highest BCUT2D eigenvalue weighted by Crippen LogP contribution is 2.70. The molecule has 0 amide bonds. The number of nitrogens with zero attached hydrogens (tertiary/aromatic N) is 1. The molecule has 1 aliphatic heterocycles. The number of hydrogen-bond acceptors (Lipinski definition) is 13. The van der Waals surface area contributed by atoms with Crippen LogP contribution in [0.2, 0.25) is 0 Å². The molecule has 5 fully saturated rings. The maximum absolute atomic E-state index is 15.1. The third kappa shape index (κ3) is 13.1. The van der Waals surface area contributed by atoms with Gasteiger partial charge in [0.15, 0.2) is 50.0 Å². The second-order valence-corrected chi connectivity index (χ2v) is 24.1. The number of ether oxygens (including phenoxy) is 5. The van der Waals surface area contributed by atoms with E-state index in [-0.39, 0.29) is 53.1 Å². The Kier molecular flexibility index (Phi) is 18.8. The van der Waals surface area contributed by atoms with E-state index < -0.39 is 68.2 Å². The van der Waals surface area contributed by atoms with Crippen molar-refractivity contribution in [2.45, 2.75) is 153 Å². The molecule has 5 aliphatic carbocycles. The number of aliphatic hydroxyl groups excluding tert-OH is 2. The van der Waals surface area contributed by atoms with Crippen LogP contribution in [0.5, 0.6) is 5.75 Å². The lowest BCUT2D eigenvalue weighted by molar-refractivity contribution is -0.688. The number of allylic oxidation sites excluding steroid dienone is 4. The minimum Gasteiger partial charge on any atom is -0.466 e. The van der Waals surface area contributed by atoms with Gasteiger partial charge in [0.2, 0.25) is 5.78 Å². The molecule has 418 valence electrons. The maximum atomic E-state index is 15.1. The highest BCUT2D eigenvalue weighted by atomic mass is 31.2. The van der Waals surface area contributed by atoms with Crippen molar-refractivity contribution in [3.8, 4) is 5.75 Å². The Morgan fingerprint density at radius 2 is 1.73 bits per heavy atom. The summed E-state index contributed by atoms with van der Waals surface area (Å²) in [6.07, 6.45) is 20.5. The third-order valence-corrected chi connectivity index (χ3v) is 18.4. The Bertz CT molecular complexity index is 2640. The number of aryl methyl sites for hydroxylation is 1. The summed E-state index contributed by atoms with van der Waals surface area (Å²) in [5.74, 6) is -0.921. The molecule has 9 rings (SSSR count). The van der Waals surface area contributed by atoms with Crippen LogP contribution in [0.1, 0.15) is 143 Å². The number of hydrogen-bond donors (Lipinski definition) is 5. The number of rotatable bonds is 26. The van der Waals surface area contributed by atoms with Crippen LogP contribution in [0.25, 0.3) is 0 Å². The molecule has 2 aromatic carbocycles. The Morgan fingerprint density at radius 1 is 0.948 bits per heavy atom. The SMILES string of the molecule is C[C@]12C=CC(=O)C=C1CC[C@@H]1[C@@H]2[C@@H](O)C[C@@]2(C)[C@H]1C[C@H]1O[C@@H](C3CCCCC3)O[C@]12C(=O)COC(=O)c1ccc[n+](Cc2cc(C(O)CNCCCCCCOCCCCc3ccccc3)ccc2OCOP(=O)(O)O)c1. The molecule has 2 heterocycles. The van der Waals surface area contributed by atoms with Gasteiger partial charge in [-0.3, -0.25) is 9.59 Å². The van der Waals surface area contributed by atoms with Crippen molar-refractivity contribution in [1.29, 1.82) is 0 Å². The molecule has 10 atom stereocenters. The van der Waals surface area contributed by atoms with Gasteiger partial charge >= 0.3 is 13.8 Å². The van der Waals surface area contributed by atoms with Gasteiger partial charge in [-0.2, -0.15) is 4.57 Å². The fourth-order valence-electron chi connectivity index (χ4n) is 14.1. The van der Waals surface area contributed by atoms with E-state index in [0.29, 0.717) is 30.5 Å². The van der Waals surface area contributed by atoms with E-state index in [0.717, 1.165) is 115 Å². The molecule has 4 saturated carbocycles. The number of pyridine rings is 1. The van der Waals surface area contributed by atoms with E-state index in [9.17, 15) is 34.2 Å². The zero-order valence-corrected chi connectivity index (χ0v) is 45.7. The van der Waals surface area contributed by atoms with Gasteiger partial charge in [-0.1, -0.05) is 94.0 Å². The summed E-state index contributed by atoms with van der Waals surface area (Å²) in [4.78, 5) is 60.2. The van der Waals surface area contributed by atoms with Gasteiger partial charge in [-0.05, 0) is 130 Å². The number of nitrogens with one attached hydrogen (secondary N) is 1. The molecule has 1 saturated heterocycles. The van der Waals surface area contributed by atoms with E-state index in [1.54, 1.807) is 59.4 Å². The molecular formula is C60H80N2O14P+. The first-order valence-electron chi connectivity index (χ1n) is 28.2. The number of phosphoric acid groups is 1. The molecular weight excluding hydrogens is 1000 g/mol.